The molecular weight excluding hydrogens is 358 g/mol. The summed E-state index contributed by atoms with van der Waals surface area (Å²) in [5.41, 5.74) is 0. The van der Waals surface area contributed by atoms with Crippen LogP contribution in [-0.4, -0.2) is 22.6 Å². The lowest BCUT2D eigenvalue weighted by molar-refractivity contribution is 0.326. The summed E-state index contributed by atoms with van der Waals surface area (Å²) in [4.78, 5) is 0. The molecule has 4 unspecified atom stereocenters. The van der Waals surface area contributed by atoms with Crippen LogP contribution in [0.5, 0.6) is 0 Å². The fourth-order valence-electron chi connectivity index (χ4n) is 5.33. The zero-order valence-corrected chi connectivity index (χ0v) is 20.2. The van der Waals surface area contributed by atoms with Crippen molar-refractivity contribution >= 4 is 11.8 Å². The van der Waals surface area contributed by atoms with Crippen LogP contribution in [0.1, 0.15) is 142 Å². The van der Waals surface area contributed by atoms with E-state index >= 15 is 0 Å². The van der Waals surface area contributed by atoms with E-state index in [1.807, 2.05) is 0 Å². The van der Waals surface area contributed by atoms with Crippen LogP contribution in [0.3, 0.4) is 0 Å². The summed E-state index contributed by atoms with van der Waals surface area (Å²) in [5.74, 6) is 0. The molecule has 0 radical (unpaired) electrons. The van der Waals surface area contributed by atoms with E-state index in [9.17, 15) is 0 Å². The van der Waals surface area contributed by atoms with E-state index in [0.29, 0.717) is 0 Å². The fourth-order valence-corrected chi connectivity index (χ4v) is 7.17. The van der Waals surface area contributed by atoms with E-state index in [-0.39, 0.29) is 0 Å². The SMILES string of the molecule is CCCCCC1CC(CCCC)SC2CCCCCCCCCCCC(C2)N1. The molecule has 0 amide bonds. The molecule has 2 aliphatic rings. The van der Waals surface area contributed by atoms with Crippen molar-refractivity contribution in [2.45, 2.75) is 165 Å². The lowest BCUT2D eigenvalue weighted by Crippen LogP contribution is -2.43. The van der Waals surface area contributed by atoms with Crippen LogP contribution in [0.25, 0.3) is 0 Å². The Morgan fingerprint density at radius 1 is 0.679 bits per heavy atom. The summed E-state index contributed by atoms with van der Waals surface area (Å²) in [6, 6.07) is 1.57. The summed E-state index contributed by atoms with van der Waals surface area (Å²) in [5, 5.41) is 6.04. The molecule has 2 bridgehead atoms. The minimum atomic E-state index is 0.783. The van der Waals surface area contributed by atoms with Crippen LogP contribution in [-0.2, 0) is 0 Å². The largest absolute Gasteiger partial charge is 0.311 e. The Morgan fingerprint density at radius 2 is 1.32 bits per heavy atom. The van der Waals surface area contributed by atoms with Gasteiger partial charge in [-0.15, -0.1) is 0 Å². The van der Waals surface area contributed by atoms with E-state index in [1.54, 1.807) is 0 Å². The van der Waals surface area contributed by atoms with Crippen molar-refractivity contribution in [2.75, 3.05) is 0 Å². The van der Waals surface area contributed by atoms with Crippen molar-refractivity contribution in [2.24, 2.45) is 0 Å². The quantitative estimate of drug-likeness (QED) is 0.422. The molecule has 1 saturated carbocycles. The first kappa shape index (κ1) is 24.6. The predicted octanol–water partition coefficient (Wildman–Crippen LogP) is 8.65. The van der Waals surface area contributed by atoms with Crippen LogP contribution in [0.15, 0.2) is 0 Å². The first-order valence-electron chi connectivity index (χ1n) is 13.2. The second-order valence-electron chi connectivity index (χ2n) is 9.81. The molecule has 2 fully saturated rings. The lowest BCUT2D eigenvalue weighted by atomic mass is 9.94. The summed E-state index contributed by atoms with van der Waals surface area (Å²) in [6.07, 6.45) is 28.9. The molecule has 0 aromatic rings. The first-order chi connectivity index (χ1) is 13.8. The molecule has 0 spiro atoms. The third-order valence-electron chi connectivity index (χ3n) is 7.07. The predicted molar refractivity (Wildman–Crippen MR) is 130 cm³/mol. The van der Waals surface area contributed by atoms with Gasteiger partial charge in [0.05, 0.1) is 0 Å². The Balaban J connectivity index is 1.97. The second-order valence-corrected chi connectivity index (χ2v) is 11.4. The van der Waals surface area contributed by atoms with Gasteiger partial charge in [0.1, 0.15) is 0 Å². The van der Waals surface area contributed by atoms with E-state index in [2.05, 4.69) is 30.9 Å². The molecule has 1 aliphatic carbocycles. The fraction of sp³-hybridized carbons (Fsp3) is 1.00. The van der Waals surface area contributed by atoms with Crippen LogP contribution in [0, 0.1) is 0 Å². The Morgan fingerprint density at radius 3 is 2.00 bits per heavy atom. The maximum absolute atomic E-state index is 4.22. The lowest BCUT2D eigenvalue weighted by Gasteiger charge is -2.36. The van der Waals surface area contributed by atoms with Crippen molar-refractivity contribution in [1.29, 1.82) is 0 Å². The highest BCUT2D eigenvalue weighted by molar-refractivity contribution is 8.00. The normalized spacial score (nSPS) is 31.5. The smallest absolute Gasteiger partial charge is 0.00802 e. The third kappa shape index (κ3) is 10.9. The maximum atomic E-state index is 4.22. The van der Waals surface area contributed by atoms with Gasteiger partial charge in [-0.25, -0.2) is 0 Å². The zero-order valence-electron chi connectivity index (χ0n) is 19.4. The zero-order chi connectivity index (χ0) is 19.9. The van der Waals surface area contributed by atoms with Gasteiger partial charge in [0.25, 0.3) is 0 Å². The van der Waals surface area contributed by atoms with Crippen molar-refractivity contribution in [3.63, 3.8) is 0 Å². The van der Waals surface area contributed by atoms with Gasteiger partial charge in [-0.05, 0) is 38.5 Å². The molecule has 166 valence electrons. The standard InChI is InChI=1S/C26H51NS/c1-3-5-14-17-23-21-25(19-6-4-2)28-26-20-16-13-11-9-7-8-10-12-15-18-24(22-26)27-23/h23-27H,3-22H2,1-2H3. The highest BCUT2D eigenvalue weighted by Crippen LogP contribution is 2.35. The van der Waals surface area contributed by atoms with Gasteiger partial charge in [0.2, 0.25) is 0 Å². The van der Waals surface area contributed by atoms with Crippen molar-refractivity contribution in [3.8, 4) is 0 Å². The molecule has 2 rings (SSSR count). The van der Waals surface area contributed by atoms with Crippen molar-refractivity contribution in [1.82, 2.24) is 5.32 Å². The number of fused-ring (bicyclic) bond motifs is 2. The van der Waals surface area contributed by atoms with Crippen LogP contribution >= 0.6 is 11.8 Å². The van der Waals surface area contributed by atoms with Gasteiger partial charge in [-0.1, -0.05) is 104 Å². The Kier molecular flexibility index (Phi) is 14.1. The molecule has 1 saturated heterocycles. The summed E-state index contributed by atoms with van der Waals surface area (Å²) >= 11 is 2.42. The molecule has 4 atom stereocenters. The summed E-state index contributed by atoms with van der Waals surface area (Å²) in [7, 11) is 0. The molecule has 1 aliphatic heterocycles. The molecule has 0 aromatic heterocycles. The van der Waals surface area contributed by atoms with Gasteiger partial charge in [0, 0.05) is 22.6 Å². The van der Waals surface area contributed by atoms with E-state index in [1.165, 1.54) is 128 Å². The second kappa shape index (κ2) is 16.1. The van der Waals surface area contributed by atoms with E-state index < -0.39 is 0 Å². The summed E-state index contributed by atoms with van der Waals surface area (Å²) < 4.78 is 0. The Labute approximate surface area is 182 Å². The topological polar surface area (TPSA) is 12.0 Å². The number of unbranched alkanes of at least 4 members (excludes halogenated alkanes) is 3. The number of thioether (sulfide) groups is 1. The molecule has 0 aromatic carbocycles. The first-order valence-corrected chi connectivity index (χ1v) is 14.2. The van der Waals surface area contributed by atoms with Gasteiger partial charge in [0.15, 0.2) is 0 Å². The Hall–Kier alpha value is 0.310. The van der Waals surface area contributed by atoms with Crippen LogP contribution in [0.2, 0.25) is 0 Å². The van der Waals surface area contributed by atoms with Gasteiger partial charge >= 0.3 is 0 Å². The number of nitrogens with one attached hydrogen (secondary N) is 1. The number of hydrogen-bond acceptors (Lipinski definition) is 2. The molecule has 1 N–H and O–H groups in total. The van der Waals surface area contributed by atoms with Crippen molar-refractivity contribution in [3.05, 3.63) is 0 Å². The van der Waals surface area contributed by atoms with Gasteiger partial charge < -0.3 is 5.32 Å². The minimum Gasteiger partial charge on any atom is -0.311 e. The Bertz CT molecular complexity index is 356. The molecule has 1 nitrogen and oxygen atoms in total. The number of hydrogen-bond donors (Lipinski definition) is 1. The third-order valence-corrected chi connectivity index (χ3v) is 8.69. The molecule has 28 heavy (non-hydrogen) atoms. The van der Waals surface area contributed by atoms with Crippen molar-refractivity contribution < 1.29 is 0 Å². The molecular formula is C26H51NS. The van der Waals surface area contributed by atoms with E-state index in [0.717, 1.165) is 22.6 Å². The highest BCUT2D eigenvalue weighted by atomic mass is 32.2. The highest BCUT2D eigenvalue weighted by Gasteiger charge is 2.28. The average molecular weight is 410 g/mol. The monoisotopic (exact) mass is 409 g/mol. The average Bonchev–Trinajstić information content (AvgIpc) is 2.68. The maximum Gasteiger partial charge on any atom is 0.00802 e. The molecule has 1 heterocycles. The van der Waals surface area contributed by atoms with Gasteiger partial charge in [-0.3, -0.25) is 0 Å². The van der Waals surface area contributed by atoms with Crippen LogP contribution < -0.4 is 5.32 Å². The minimum absolute atomic E-state index is 0.783. The molecule has 2 heteroatoms. The summed E-state index contributed by atoms with van der Waals surface area (Å²) in [6.45, 7) is 4.70. The van der Waals surface area contributed by atoms with Crippen LogP contribution in [0.4, 0.5) is 0 Å². The van der Waals surface area contributed by atoms with E-state index in [4.69, 9.17) is 0 Å². The number of rotatable bonds is 7. The van der Waals surface area contributed by atoms with Gasteiger partial charge in [-0.2, -0.15) is 11.8 Å².